The molecule has 124 valence electrons. The minimum Gasteiger partial charge on any atom is -0.338 e. The SMILES string of the molecule is CC1CC(c2ccc(F)cc2)CN1C(=O)[C@@H](N)C(C)(C)C.Cl. The molecule has 2 rings (SSSR count). The van der Waals surface area contributed by atoms with E-state index in [9.17, 15) is 9.18 Å². The van der Waals surface area contributed by atoms with Crippen LogP contribution in [-0.2, 0) is 4.79 Å². The minimum absolute atomic E-state index is 0. The summed E-state index contributed by atoms with van der Waals surface area (Å²) >= 11 is 0. The summed E-state index contributed by atoms with van der Waals surface area (Å²) in [4.78, 5) is 14.5. The van der Waals surface area contributed by atoms with Crippen LogP contribution in [0.2, 0.25) is 0 Å². The van der Waals surface area contributed by atoms with E-state index in [0.29, 0.717) is 6.54 Å². The second-order valence-electron chi connectivity index (χ2n) is 7.17. The lowest BCUT2D eigenvalue weighted by molar-refractivity contribution is -0.135. The van der Waals surface area contributed by atoms with Crippen LogP contribution in [0.3, 0.4) is 0 Å². The Morgan fingerprint density at radius 2 is 1.86 bits per heavy atom. The first-order chi connectivity index (χ1) is 9.70. The lowest BCUT2D eigenvalue weighted by Crippen LogP contribution is -2.51. The molecule has 3 nitrogen and oxygen atoms in total. The van der Waals surface area contributed by atoms with Crippen molar-refractivity contribution < 1.29 is 9.18 Å². The zero-order chi connectivity index (χ0) is 15.8. The summed E-state index contributed by atoms with van der Waals surface area (Å²) in [6.45, 7) is 8.65. The van der Waals surface area contributed by atoms with Crippen LogP contribution in [0.25, 0.3) is 0 Å². The maximum atomic E-state index is 13.0. The smallest absolute Gasteiger partial charge is 0.240 e. The fourth-order valence-electron chi connectivity index (χ4n) is 2.86. The van der Waals surface area contributed by atoms with Gasteiger partial charge in [-0.05, 0) is 36.5 Å². The Hall–Kier alpha value is -1.13. The second-order valence-corrected chi connectivity index (χ2v) is 7.17. The van der Waals surface area contributed by atoms with Crippen molar-refractivity contribution in [1.82, 2.24) is 4.90 Å². The van der Waals surface area contributed by atoms with Crippen LogP contribution in [0.1, 0.15) is 45.6 Å². The van der Waals surface area contributed by atoms with E-state index in [2.05, 4.69) is 6.92 Å². The van der Waals surface area contributed by atoms with Crippen LogP contribution in [0.5, 0.6) is 0 Å². The monoisotopic (exact) mass is 328 g/mol. The van der Waals surface area contributed by atoms with Gasteiger partial charge < -0.3 is 10.6 Å². The number of hydrogen-bond donors (Lipinski definition) is 1. The van der Waals surface area contributed by atoms with Gasteiger partial charge in [-0.15, -0.1) is 12.4 Å². The first kappa shape index (κ1) is 18.9. The van der Waals surface area contributed by atoms with Crippen molar-refractivity contribution in [3.63, 3.8) is 0 Å². The van der Waals surface area contributed by atoms with Gasteiger partial charge in [-0.3, -0.25) is 4.79 Å². The Balaban J connectivity index is 0.00000242. The number of nitrogens with zero attached hydrogens (tertiary/aromatic N) is 1. The highest BCUT2D eigenvalue weighted by Crippen LogP contribution is 2.33. The van der Waals surface area contributed by atoms with Crippen molar-refractivity contribution in [2.75, 3.05) is 6.54 Å². The standard InChI is InChI=1S/C17H25FN2O.ClH/c1-11-9-13(12-5-7-14(18)8-6-12)10-20(11)16(21)15(19)17(2,3)4;/h5-8,11,13,15H,9-10,19H2,1-4H3;1H/t11?,13?,15-;/m1./s1. The van der Waals surface area contributed by atoms with Crippen molar-refractivity contribution in [3.05, 3.63) is 35.6 Å². The third-order valence-corrected chi connectivity index (χ3v) is 4.40. The van der Waals surface area contributed by atoms with Gasteiger partial charge in [0.2, 0.25) is 5.91 Å². The largest absolute Gasteiger partial charge is 0.338 e. The molecule has 0 bridgehead atoms. The van der Waals surface area contributed by atoms with Crippen LogP contribution in [0, 0.1) is 11.2 Å². The fraction of sp³-hybridized carbons (Fsp3) is 0.588. The van der Waals surface area contributed by atoms with E-state index >= 15 is 0 Å². The Bertz CT molecular complexity index is 512. The molecule has 0 aliphatic carbocycles. The van der Waals surface area contributed by atoms with Crippen LogP contribution in [-0.4, -0.2) is 29.4 Å². The molecule has 0 spiro atoms. The Morgan fingerprint density at radius 3 is 2.36 bits per heavy atom. The molecule has 1 aromatic carbocycles. The molecule has 1 fully saturated rings. The molecule has 0 radical (unpaired) electrons. The van der Waals surface area contributed by atoms with Crippen molar-refractivity contribution in [1.29, 1.82) is 0 Å². The zero-order valence-electron chi connectivity index (χ0n) is 13.7. The predicted octanol–water partition coefficient (Wildman–Crippen LogP) is 3.33. The van der Waals surface area contributed by atoms with Crippen molar-refractivity contribution >= 4 is 18.3 Å². The lowest BCUT2D eigenvalue weighted by Gasteiger charge is -2.32. The van der Waals surface area contributed by atoms with Gasteiger partial charge in [-0.2, -0.15) is 0 Å². The van der Waals surface area contributed by atoms with E-state index in [1.165, 1.54) is 12.1 Å². The quantitative estimate of drug-likeness (QED) is 0.905. The van der Waals surface area contributed by atoms with Crippen molar-refractivity contribution in [2.45, 2.75) is 52.1 Å². The van der Waals surface area contributed by atoms with Crippen LogP contribution < -0.4 is 5.73 Å². The average Bonchev–Trinajstić information content (AvgIpc) is 2.79. The summed E-state index contributed by atoms with van der Waals surface area (Å²) in [6.07, 6.45) is 0.897. The molecule has 1 amide bonds. The molecule has 0 aromatic heterocycles. The summed E-state index contributed by atoms with van der Waals surface area (Å²) in [7, 11) is 0. The van der Waals surface area contributed by atoms with Crippen molar-refractivity contribution in [3.8, 4) is 0 Å². The van der Waals surface area contributed by atoms with Crippen LogP contribution in [0.15, 0.2) is 24.3 Å². The first-order valence-corrected chi connectivity index (χ1v) is 7.51. The summed E-state index contributed by atoms with van der Waals surface area (Å²) in [5, 5.41) is 0. The van der Waals surface area contributed by atoms with Gasteiger partial charge >= 0.3 is 0 Å². The highest BCUT2D eigenvalue weighted by atomic mass is 35.5. The van der Waals surface area contributed by atoms with Gasteiger partial charge in [0.05, 0.1) is 6.04 Å². The van der Waals surface area contributed by atoms with E-state index in [4.69, 9.17) is 5.73 Å². The summed E-state index contributed by atoms with van der Waals surface area (Å²) in [5.74, 6) is 0.0452. The van der Waals surface area contributed by atoms with Gasteiger partial charge in [-0.1, -0.05) is 32.9 Å². The topological polar surface area (TPSA) is 46.3 Å². The minimum atomic E-state index is -0.494. The van der Waals surface area contributed by atoms with E-state index in [1.54, 1.807) is 0 Å². The maximum absolute atomic E-state index is 13.0. The van der Waals surface area contributed by atoms with E-state index in [-0.39, 0.29) is 41.5 Å². The lowest BCUT2D eigenvalue weighted by atomic mass is 9.86. The number of nitrogens with two attached hydrogens (primary N) is 1. The highest BCUT2D eigenvalue weighted by Gasteiger charge is 2.38. The summed E-state index contributed by atoms with van der Waals surface area (Å²) < 4.78 is 13.0. The fourth-order valence-corrected chi connectivity index (χ4v) is 2.86. The molecule has 1 heterocycles. The number of amides is 1. The maximum Gasteiger partial charge on any atom is 0.240 e. The second kappa shape index (κ2) is 6.97. The first-order valence-electron chi connectivity index (χ1n) is 7.51. The normalized spacial score (nSPS) is 23.1. The number of hydrogen-bond acceptors (Lipinski definition) is 2. The molecular formula is C17H26ClFN2O. The van der Waals surface area contributed by atoms with Crippen molar-refractivity contribution in [2.24, 2.45) is 11.1 Å². The molecule has 1 saturated heterocycles. The van der Waals surface area contributed by atoms with Gasteiger partial charge in [0.1, 0.15) is 5.82 Å². The van der Waals surface area contributed by atoms with Crippen LogP contribution in [0.4, 0.5) is 4.39 Å². The molecule has 2 N–H and O–H groups in total. The van der Waals surface area contributed by atoms with Gasteiger partial charge in [0.25, 0.3) is 0 Å². The Morgan fingerprint density at radius 1 is 1.32 bits per heavy atom. The third-order valence-electron chi connectivity index (χ3n) is 4.40. The van der Waals surface area contributed by atoms with Gasteiger partial charge in [-0.25, -0.2) is 4.39 Å². The van der Waals surface area contributed by atoms with E-state index < -0.39 is 6.04 Å². The molecule has 0 saturated carbocycles. The summed E-state index contributed by atoms with van der Waals surface area (Å²) in [5.41, 5.74) is 6.94. The Labute approximate surface area is 138 Å². The molecule has 1 aromatic rings. The van der Waals surface area contributed by atoms with E-state index in [0.717, 1.165) is 12.0 Å². The molecule has 3 atom stereocenters. The molecule has 22 heavy (non-hydrogen) atoms. The average molecular weight is 329 g/mol. The highest BCUT2D eigenvalue weighted by molar-refractivity contribution is 5.85. The number of carbonyl (C=O) groups is 1. The predicted molar refractivity (Wildman–Crippen MR) is 89.6 cm³/mol. The Kier molecular flexibility index (Phi) is 5.99. The number of likely N-dealkylation sites (tertiary alicyclic amines) is 1. The molecule has 1 aliphatic heterocycles. The molecular weight excluding hydrogens is 303 g/mol. The number of halogens is 2. The zero-order valence-corrected chi connectivity index (χ0v) is 14.5. The number of carbonyl (C=O) groups excluding carboxylic acids is 1. The number of rotatable bonds is 2. The molecule has 5 heteroatoms. The van der Waals surface area contributed by atoms with Gasteiger partial charge in [0, 0.05) is 18.5 Å². The summed E-state index contributed by atoms with van der Waals surface area (Å²) in [6, 6.07) is 6.25. The molecule has 1 aliphatic rings. The van der Waals surface area contributed by atoms with Crippen LogP contribution >= 0.6 is 12.4 Å². The molecule has 2 unspecified atom stereocenters. The number of benzene rings is 1. The van der Waals surface area contributed by atoms with E-state index in [1.807, 2.05) is 37.8 Å². The third kappa shape index (κ3) is 3.99. The van der Waals surface area contributed by atoms with Gasteiger partial charge in [0.15, 0.2) is 0 Å².